The fourth-order valence-electron chi connectivity index (χ4n) is 5.58. The average Bonchev–Trinajstić information content (AvgIpc) is 3.43. The summed E-state index contributed by atoms with van der Waals surface area (Å²) in [6, 6.07) is 15.3. The molecule has 10 nitrogen and oxygen atoms in total. The highest BCUT2D eigenvalue weighted by Gasteiger charge is 2.39. The molecule has 0 radical (unpaired) electrons. The second kappa shape index (κ2) is 11.3. The first-order valence-electron chi connectivity index (χ1n) is 13.3. The van der Waals surface area contributed by atoms with Crippen LogP contribution in [-0.4, -0.2) is 62.9 Å². The van der Waals surface area contributed by atoms with Gasteiger partial charge in [0.15, 0.2) is 0 Å². The predicted molar refractivity (Wildman–Crippen MR) is 144 cm³/mol. The third-order valence-electron chi connectivity index (χ3n) is 7.48. The van der Waals surface area contributed by atoms with Crippen molar-refractivity contribution in [2.75, 3.05) is 19.6 Å². The van der Waals surface area contributed by atoms with Crippen LogP contribution in [0.5, 0.6) is 5.75 Å². The smallest absolute Gasteiger partial charge is 0.308 e. The molecule has 2 aromatic carbocycles. The van der Waals surface area contributed by atoms with Crippen molar-refractivity contribution in [1.29, 1.82) is 5.26 Å². The van der Waals surface area contributed by atoms with Crippen LogP contribution < -0.4 is 4.74 Å². The summed E-state index contributed by atoms with van der Waals surface area (Å²) >= 11 is 0. The van der Waals surface area contributed by atoms with Gasteiger partial charge >= 0.3 is 11.9 Å². The number of aromatic nitrogens is 2. The van der Waals surface area contributed by atoms with Crippen molar-refractivity contribution in [2.24, 2.45) is 11.8 Å². The third kappa shape index (κ3) is 5.46. The van der Waals surface area contributed by atoms with Gasteiger partial charge in [-0.15, -0.1) is 0 Å². The van der Waals surface area contributed by atoms with Crippen LogP contribution in [-0.2, 0) is 9.59 Å². The quantitative estimate of drug-likeness (QED) is 0.419. The largest absolute Gasteiger partial charge is 0.490 e. The summed E-state index contributed by atoms with van der Waals surface area (Å²) < 4.78 is 11.3. The van der Waals surface area contributed by atoms with Crippen LogP contribution in [0, 0.1) is 23.2 Å². The molecular weight excluding hydrogens is 512 g/mol. The van der Waals surface area contributed by atoms with E-state index in [1.165, 1.54) is 0 Å². The van der Waals surface area contributed by atoms with Crippen molar-refractivity contribution in [1.82, 2.24) is 15.0 Å². The molecule has 3 atom stereocenters. The normalized spacial score (nSPS) is 20.9. The number of carboxylic acid groups (broad SMARTS) is 2. The molecule has 10 heteroatoms. The van der Waals surface area contributed by atoms with Gasteiger partial charge in [-0.3, -0.25) is 9.59 Å². The molecule has 0 bridgehead atoms. The fraction of sp³-hybridized carbons (Fsp3) is 0.367. The van der Waals surface area contributed by atoms with Gasteiger partial charge < -0.3 is 24.4 Å². The number of nitriles is 1. The van der Waals surface area contributed by atoms with Crippen molar-refractivity contribution in [2.45, 2.75) is 38.7 Å². The lowest BCUT2D eigenvalue weighted by atomic mass is 9.81. The van der Waals surface area contributed by atoms with E-state index in [1.54, 1.807) is 18.2 Å². The Labute approximate surface area is 231 Å². The molecule has 1 aliphatic carbocycles. The highest BCUT2D eigenvalue weighted by molar-refractivity contribution is 5.81. The highest BCUT2D eigenvalue weighted by Crippen LogP contribution is 2.39. The zero-order chi connectivity index (χ0) is 28.4. The van der Waals surface area contributed by atoms with Crippen LogP contribution >= 0.6 is 0 Å². The lowest BCUT2D eigenvalue weighted by Gasteiger charge is -2.37. The zero-order valence-electron chi connectivity index (χ0n) is 22.3. The van der Waals surface area contributed by atoms with Gasteiger partial charge in [-0.1, -0.05) is 35.5 Å². The number of piperidine rings is 1. The lowest BCUT2D eigenvalue weighted by Crippen LogP contribution is -2.47. The second-order valence-corrected chi connectivity index (χ2v) is 10.5. The molecule has 1 aromatic heterocycles. The van der Waals surface area contributed by atoms with Crippen LogP contribution in [0.3, 0.4) is 0 Å². The molecule has 40 heavy (non-hydrogen) atoms. The Kier molecular flexibility index (Phi) is 7.67. The van der Waals surface area contributed by atoms with Crippen LogP contribution in [0.15, 0.2) is 53.1 Å². The SMILES string of the molecule is CC(C)Oc1ccc(-c2nc(C3=CCC(CN4CCC(C(=O)O)C(C(=O)O)C4)c4ccccc43)no2)cc1C#N. The van der Waals surface area contributed by atoms with E-state index in [2.05, 4.69) is 33.3 Å². The number of likely N-dealkylation sites (tertiary alicyclic amines) is 1. The maximum Gasteiger partial charge on any atom is 0.308 e. The standard InChI is InChI=1S/C30H30N4O6/c1-17(2)39-26-10-8-18(13-20(26)14-31)28-32-27(33-40-28)23-9-7-19(21-5-3-4-6-22(21)23)15-34-12-11-24(29(35)36)25(16-34)30(37)38/h3-6,8-10,13,17,19,24-25H,7,11-12,15-16H2,1-2H3,(H,35,36)(H,37,38). The molecule has 1 saturated heterocycles. The van der Waals surface area contributed by atoms with E-state index in [-0.39, 0.29) is 18.6 Å². The monoisotopic (exact) mass is 542 g/mol. The lowest BCUT2D eigenvalue weighted by molar-refractivity contribution is -0.157. The number of benzene rings is 2. The van der Waals surface area contributed by atoms with E-state index in [4.69, 9.17) is 9.26 Å². The number of hydrogen-bond acceptors (Lipinski definition) is 8. The average molecular weight is 543 g/mol. The maximum atomic E-state index is 11.8. The second-order valence-electron chi connectivity index (χ2n) is 10.5. The minimum absolute atomic E-state index is 0.0646. The van der Waals surface area contributed by atoms with Gasteiger partial charge in [0.2, 0.25) is 5.82 Å². The summed E-state index contributed by atoms with van der Waals surface area (Å²) in [5.74, 6) is -2.58. The van der Waals surface area contributed by atoms with E-state index in [0.29, 0.717) is 54.5 Å². The minimum Gasteiger partial charge on any atom is -0.490 e. The number of allylic oxidation sites excluding steroid dienone is 1. The summed E-state index contributed by atoms with van der Waals surface area (Å²) in [5, 5.41) is 32.9. The number of aliphatic carboxylic acids is 2. The first kappa shape index (κ1) is 27.1. The molecule has 3 unspecified atom stereocenters. The number of ether oxygens (including phenoxy) is 1. The molecule has 1 fully saturated rings. The van der Waals surface area contributed by atoms with Crippen LogP contribution in [0.1, 0.15) is 55.1 Å². The fourth-order valence-corrected chi connectivity index (χ4v) is 5.58. The van der Waals surface area contributed by atoms with Gasteiger partial charge in [0.05, 0.1) is 23.5 Å². The number of hydrogen-bond donors (Lipinski definition) is 2. The van der Waals surface area contributed by atoms with E-state index < -0.39 is 23.8 Å². The summed E-state index contributed by atoms with van der Waals surface area (Å²) in [5.41, 5.74) is 3.91. The van der Waals surface area contributed by atoms with Gasteiger partial charge in [-0.2, -0.15) is 10.2 Å². The minimum atomic E-state index is -1.07. The van der Waals surface area contributed by atoms with E-state index >= 15 is 0 Å². The molecule has 2 heterocycles. The van der Waals surface area contributed by atoms with Crippen molar-refractivity contribution < 1.29 is 29.1 Å². The van der Waals surface area contributed by atoms with Crippen molar-refractivity contribution in [3.05, 3.63) is 71.1 Å². The van der Waals surface area contributed by atoms with E-state index in [9.17, 15) is 25.1 Å². The van der Waals surface area contributed by atoms with Crippen LogP contribution in [0.4, 0.5) is 0 Å². The Morgan fingerprint density at radius 1 is 1.18 bits per heavy atom. The topological polar surface area (TPSA) is 150 Å². The van der Waals surface area contributed by atoms with Gasteiger partial charge in [0, 0.05) is 30.1 Å². The van der Waals surface area contributed by atoms with Crippen molar-refractivity contribution in [3.8, 4) is 23.3 Å². The molecule has 2 aliphatic rings. The molecule has 0 spiro atoms. The van der Waals surface area contributed by atoms with Gasteiger partial charge in [-0.25, -0.2) is 0 Å². The van der Waals surface area contributed by atoms with Gasteiger partial charge in [0.1, 0.15) is 11.8 Å². The van der Waals surface area contributed by atoms with Crippen molar-refractivity contribution in [3.63, 3.8) is 0 Å². The first-order valence-corrected chi connectivity index (χ1v) is 13.3. The molecule has 2 N–H and O–H groups in total. The summed E-state index contributed by atoms with van der Waals surface area (Å²) in [6.45, 7) is 5.16. The number of carbonyl (C=O) groups is 2. The Morgan fingerprint density at radius 2 is 1.95 bits per heavy atom. The Bertz CT molecular complexity index is 1500. The predicted octanol–water partition coefficient (Wildman–Crippen LogP) is 4.42. The number of rotatable bonds is 8. The van der Waals surface area contributed by atoms with Gasteiger partial charge in [0.25, 0.3) is 5.89 Å². The molecule has 3 aromatic rings. The van der Waals surface area contributed by atoms with E-state index in [1.807, 2.05) is 32.0 Å². The zero-order valence-corrected chi connectivity index (χ0v) is 22.3. The van der Waals surface area contributed by atoms with Crippen LogP contribution in [0.25, 0.3) is 17.0 Å². The van der Waals surface area contributed by atoms with Crippen LogP contribution in [0.2, 0.25) is 0 Å². The molecular formula is C30H30N4O6. The van der Waals surface area contributed by atoms with Crippen molar-refractivity contribution >= 4 is 17.5 Å². The summed E-state index contributed by atoms with van der Waals surface area (Å²) in [6.07, 6.45) is 3.00. The maximum absolute atomic E-state index is 11.8. The molecule has 5 rings (SSSR count). The van der Waals surface area contributed by atoms with E-state index in [0.717, 1.165) is 16.7 Å². The summed E-state index contributed by atoms with van der Waals surface area (Å²) in [7, 11) is 0. The summed E-state index contributed by atoms with van der Waals surface area (Å²) in [4.78, 5) is 30.0. The van der Waals surface area contributed by atoms with Gasteiger partial charge in [-0.05, 0) is 62.6 Å². The number of nitrogens with zero attached hydrogens (tertiary/aromatic N) is 4. The molecule has 0 amide bonds. The molecule has 0 saturated carbocycles. The molecule has 1 aliphatic heterocycles. The first-order chi connectivity index (χ1) is 19.2. The number of fused-ring (bicyclic) bond motifs is 1. The Balaban J connectivity index is 1.36. The Morgan fingerprint density at radius 3 is 2.67 bits per heavy atom. The molecule has 206 valence electrons. The number of carboxylic acids is 2. The highest BCUT2D eigenvalue weighted by atomic mass is 16.5. The Hall–Kier alpha value is -4.49. The third-order valence-corrected chi connectivity index (χ3v) is 7.48.